The molecule has 0 spiro atoms. The molecule has 2 aliphatic heterocycles. The molecule has 2 atom stereocenters. The highest BCUT2D eigenvalue weighted by Crippen LogP contribution is 2.42. The van der Waals surface area contributed by atoms with Crippen molar-refractivity contribution >= 4 is 12.0 Å². The van der Waals surface area contributed by atoms with Crippen LogP contribution < -0.4 is 5.73 Å². The van der Waals surface area contributed by atoms with E-state index in [1.54, 1.807) is 0 Å². The molecule has 4 nitrogen and oxygen atoms in total. The summed E-state index contributed by atoms with van der Waals surface area (Å²) < 4.78 is 0. The zero-order chi connectivity index (χ0) is 16.6. The minimum atomic E-state index is -0.181. The minimum absolute atomic E-state index is 0.181. The summed E-state index contributed by atoms with van der Waals surface area (Å²) in [6.45, 7) is 5.48. The molecule has 1 aromatic heterocycles. The molecule has 4 heteroatoms. The Bertz CT molecular complexity index is 755. The van der Waals surface area contributed by atoms with Crippen LogP contribution in [-0.4, -0.2) is 29.2 Å². The topological polar surface area (TPSA) is 54.5 Å². The van der Waals surface area contributed by atoms with E-state index in [1.807, 2.05) is 12.3 Å². The van der Waals surface area contributed by atoms with E-state index >= 15 is 0 Å². The first-order valence-electron chi connectivity index (χ1n) is 8.71. The summed E-state index contributed by atoms with van der Waals surface area (Å²) in [6.07, 6.45) is 3.98. The maximum Gasteiger partial charge on any atom is 0.123 e. The SMILES string of the molecule is CC1(C2CCN(Cc3ccccc3)C2)N=CCc2nc(N)ccc21. The molecule has 2 aromatic rings. The number of hydrogen-bond acceptors (Lipinski definition) is 4. The van der Waals surface area contributed by atoms with Gasteiger partial charge in [-0.15, -0.1) is 0 Å². The lowest BCUT2D eigenvalue weighted by Gasteiger charge is -2.36. The molecule has 3 heterocycles. The fraction of sp³-hybridized carbons (Fsp3) is 0.400. The quantitative estimate of drug-likeness (QED) is 0.946. The summed E-state index contributed by atoms with van der Waals surface area (Å²) in [4.78, 5) is 12.0. The van der Waals surface area contributed by atoms with Gasteiger partial charge in [0.1, 0.15) is 5.82 Å². The van der Waals surface area contributed by atoms with Crippen LogP contribution >= 0.6 is 0 Å². The van der Waals surface area contributed by atoms with Crippen molar-refractivity contribution in [2.45, 2.75) is 31.8 Å². The van der Waals surface area contributed by atoms with E-state index in [-0.39, 0.29) is 5.54 Å². The number of likely N-dealkylation sites (tertiary alicyclic amines) is 1. The fourth-order valence-electron chi connectivity index (χ4n) is 4.13. The van der Waals surface area contributed by atoms with Crippen molar-refractivity contribution in [3.63, 3.8) is 0 Å². The second-order valence-corrected chi connectivity index (χ2v) is 7.10. The van der Waals surface area contributed by atoms with Crippen molar-refractivity contribution < 1.29 is 0 Å². The van der Waals surface area contributed by atoms with Crippen LogP contribution in [0.2, 0.25) is 0 Å². The molecule has 0 amide bonds. The molecule has 2 unspecified atom stereocenters. The molecule has 124 valence electrons. The van der Waals surface area contributed by atoms with Gasteiger partial charge in [-0.05, 0) is 31.5 Å². The predicted molar refractivity (Wildman–Crippen MR) is 98.0 cm³/mol. The minimum Gasteiger partial charge on any atom is -0.384 e. The van der Waals surface area contributed by atoms with E-state index in [1.165, 1.54) is 17.5 Å². The van der Waals surface area contributed by atoms with E-state index in [0.717, 1.165) is 31.7 Å². The normalized spacial score (nSPS) is 26.5. The predicted octanol–water partition coefficient (Wildman–Crippen LogP) is 3.03. The van der Waals surface area contributed by atoms with Crippen molar-refractivity contribution in [3.05, 3.63) is 59.3 Å². The molecule has 24 heavy (non-hydrogen) atoms. The molecule has 4 rings (SSSR count). The average molecular weight is 320 g/mol. The lowest BCUT2D eigenvalue weighted by Crippen LogP contribution is -2.36. The van der Waals surface area contributed by atoms with Gasteiger partial charge >= 0.3 is 0 Å². The van der Waals surface area contributed by atoms with Gasteiger partial charge in [-0.2, -0.15) is 0 Å². The Labute approximate surface area is 143 Å². The number of anilines is 1. The molecular formula is C20H24N4. The number of nitrogens with zero attached hydrogens (tertiary/aromatic N) is 3. The fourth-order valence-corrected chi connectivity index (χ4v) is 4.13. The molecule has 2 aliphatic rings. The van der Waals surface area contributed by atoms with Crippen LogP contribution in [-0.2, 0) is 18.5 Å². The van der Waals surface area contributed by atoms with Gasteiger partial charge in [0.25, 0.3) is 0 Å². The van der Waals surface area contributed by atoms with Crippen molar-refractivity contribution in [2.75, 3.05) is 18.8 Å². The highest BCUT2D eigenvalue weighted by atomic mass is 15.2. The summed E-state index contributed by atoms with van der Waals surface area (Å²) in [6, 6.07) is 14.8. The van der Waals surface area contributed by atoms with Gasteiger partial charge in [0.05, 0.1) is 11.2 Å². The van der Waals surface area contributed by atoms with Crippen molar-refractivity contribution in [2.24, 2.45) is 10.9 Å². The Morgan fingerprint density at radius 3 is 2.88 bits per heavy atom. The number of nitrogen functional groups attached to an aromatic ring is 1. The summed E-state index contributed by atoms with van der Waals surface area (Å²) in [5.74, 6) is 1.12. The van der Waals surface area contributed by atoms with Crippen LogP contribution in [0.3, 0.4) is 0 Å². The van der Waals surface area contributed by atoms with Crippen LogP contribution in [0.5, 0.6) is 0 Å². The van der Waals surface area contributed by atoms with E-state index in [9.17, 15) is 0 Å². The molecular weight excluding hydrogens is 296 g/mol. The molecule has 1 aromatic carbocycles. The third kappa shape index (κ3) is 2.71. The van der Waals surface area contributed by atoms with E-state index in [2.05, 4.69) is 53.2 Å². The third-order valence-corrected chi connectivity index (χ3v) is 5.50. The highest BCUT2D eigenvalue weighted by molar-refractivity contribution is 5.66. The number of nitrogens with two attached hydrogens (primary N) is 1. The molecule has 1 saturated heterocycles. The van der Waals surface area contributed by atoms with Crippen LogP contribution in [0.1, 0.15) is 30.2 Å². The zero-order valence-electron chi connectivity index (χ0n) is 14.2. The van der Waals surface area contributed by atoms with Crippen LogP contribution in [0.4, 0.5) is 5.82 Å². The molecule has 0 aliphatic carbocycles. The highest BCUT2D eigenvalue weighted by Gasteiger charge is 2.42. The Balaban J connectivity index is 1.54. The summed E-state index contributed by atoms with van der Waals surface area (Å²) >= 11 is 0. The number of fused-ring (bicyclic) bond motifs is 1. The molecule has 1 fully saturated rings. The van der Waals surface area contributed by atoms with E-state index in [0.29, 0.717) is 11.7 Å². The van der Waals surface area contributed by atoms with Crippen molar-refractivity contribution in [3.8, 4) is 0 Å². The average Bonchev–Trinajstić information content (AvgIpc) is 3.05. The van der Waals surface area contributed by atoms with Gasteiger partial charge in [0.15, 0.2) is 0 Å². The largest absolute Gasteiger partial charge is 0.384 e. The summed E-state index contributed by atoms with van der Waals surface area (Å²) in [5, 5.41) is 0. The van der Waals surface area contributed by atoms with Gasteiger partial charge in [0.2, 0.25) is 0 Å². The lowest BCUT2D eigenvalue weighted by molar-refractivity contribution is 0.264. The number of aliphatic imine (C=N–C) groups is 1. The Morgan fingerprint density at radius 1 is 1.21 bits per heavy atom. The number of rotatable bonds is 3. The Kier molecular flexibility index (Phi) is 3.85. The van der Waals surface area contributed by atoms with Gasteiger partial charge < -0.3 is 5.73 Å². The van der Waals surface area contributed by atoms with Crippen LogP contribution in [0.25, 0.3) is 0 Å². The summed E-state index contributed by atoms with van der Waals surface area (Å²) in [7, 11) is 0. The van der Waals surface area contributed by atoms with Gasteiger partial charge in [-0.1, -0.05) is 36.4 Å². The number of benzene rings is 1. The molecule has 0 saturated carbocycles. The number of hydrogen-bond donors (Lipinski definition) is 1. The standard InChI is InChI=1S/C20H24N4/c1-20(17-7-8-19(21)23-18(17)9-11-22-20)16-10-12-24(14-16)13-15-5-3-2-4-6-15/h2-8,11,16H,9-10,12-14H2,1H3,(H2,21,23). The van der Waals surface area contributed by atoms with Crippen LogP contribution in [0, 0.1) is 5.92 Å². The first-order chi connectivity index (χ1) is 11.6. The van der Waals surface area contributed by atoms with E-state index < -0.39 is 0 Å². The second kappa shape index (κ2) is 6.02. The first kappa shape index (κ1) is 15.3. The number of aromatic nitrogens is 1. The molecule has 0 bridgehead atoms. The first-order valence-corrected chi connectivity index (χ1v) is 8.71. The summed E-state index contributed by atoms with van der Waals surface area (Å²) in [5.41, 5.74) is 9.41. The van der Waals surface area contributed by atoms with Crippen LogP contribution in [0.15, 0.2) is 47.5 Å². The zero-order valence-corrected chi connectivity index (χ0v) is 14.2. The third-order valence-electron chi connectivity index (χ3n) is 5.50. The second-order valence-electron chi connectivity index (χ2n) is 7.10. The lowest BCUT2D eigenvalue weighted by atomic mass is 9.77. The number of pyridine rings is 1. The molecule has 0 radical (unpaired) electrons. The van der Waals surface area contributed by atoms with E-state index in [4.69, 9.17) is 10.7 Å². The Morgan fingerprint density at radius 2 is 2.04 bits per heavy atom. The van der Waals surface area contributed by atoms with Crippen molar-refractivity contribution in [1.82, 2.24) is 9.88 Å². The monoisotopic (exact) mass is 320 g/mol. The van der Waals surface area contributed by atoms with Gasteiger partial charge in [-0.25, -0.2) is 4.98 Å². The van der Waals surface area contributed by atoms with Gasteiger partial charge in [0, 0.05) is 37.2 Å². The maximum atomic E-state index is 5.87. The Hall–Kier alpha value is -2.20. The molecule has 2 N–H and O–H groups in total. The van der Waals surface area contributed by atoms with Gasteiger partial charge in [-0.3, -0.25) is 9.89 Å². The smallest absolute Gasteiger partial charge is 0.123 e. The maximum absolute atomic E-state index is 5.87. The van der Waals surface area contributed by atoms with Crippen molar-refractivity contribution in [1.29, 1.82) is 0 Å².